The highest BCUT2D eigenvalue weighted by Crippen LogP contribution is 2.29. The third-order valence-corrected chi connectivity index (χ3v) is 5.22. The fraction of sp³-hybridized carbons (Fsp3) is 0.550. The third-order valence-electron chi connectivity index (χ3n) is 5.22. The van der Waals surface area contributed by atoms with Crippen molar-refractivity contribution < 1.29 is 9.53 Å². The highest BCUT2D eigenvalue weighted by atomic mass is 16.5. The summed E-state index contributed by atoms with van der Waals surface area (Å²) in [5, 5.41) is 3.19. The van der Waals surface area contributed by atoms with Crippen molar-refractivity contribution in [3.05, 3.63) is 35.0 Å². The summed E-state index contributed by atoms with van der Waals surface area (Å²) in [5.41, 5.74) is 2.69. The number of hydrogen-bond donors (Lipinski definition) is 1. The van der Waals surface area contributed by atoms with E-state index in [-0.39, 0.29) is 17.7 Å². The van der Waals surface area contributed by atoms with Gasteiger partial charge < -0.3 is 15.0 Å². The minimum atomic E-state index is 0.104. The molecule has 0 radical (unpaired) electrons. The van der Waals surface area contributed by atoms with E-state index in [0.717, 1.165) is 35.7 Å². The van der Waals surface area contributed by atoms with Crippen LogP contribution in [0.2, 0.25) is 0 Å². The average Bonchev–Trinajstić information content (AvgIpc) is 2.59. The van der Waals surface area contributed by atoms with Crippen molar-refractivity contribution in [2.75, 3.05) is 31.6 Å². The Bertz CT molecular complexity index is 855. The zero-order chi connectivity index (χ0) is 19.7. The maximum atomic E-state index is 12.6. The molecule has 4 heterocycles. The summed E-state index contributed by atoms with van der Waals surface area (Å²) in [7, 11) is 0. The van der Waals surface area contributed by atoms with Crippen LogP contribution < -0.4 is 5.32 Å². The Labute approximate surface area is 164 Å². The van der Waals surface area contributed by atoms with Gasteiger partial charge in [-0.25, -0.2) is 19.9 Å². The van der Waals surface area contributed by atoms with E-state index < -0.39 is 0 Å². The summed E-state index contributed by atoms with van der Waals surface area (Å²) >= 11 is 0. The van der Waals surface area contributed by atoms with Crippen LogP contribution in [0.4, 0.5) is 11.8 Å². The highest BCUT2D eigenvalue weighted by Gasteiger charge is 2.37. The molecule has 2 saturated heterocycles. The molecule has 0 saturated carbocycles. The summed E-state index contributed by atoms with van der Waals surface area (Å²) in [4.78, 5) is 32.6. The number of aryl methyl sites for hydroxylation is 3. The minimum Gasteiger partial charge on any atom is -0.381 e. The van der Waals surface area contributed by atoms with Gasteiger partial charge >= 0.3 is 0 Å². The molecule has 0 aromatic carbocycles. The number of ether oxygens (including phenoxy) is 1. The molecule has 0 spiro atoms. The highest BCUT2D eigenvalue weighted by molar-refractivity contribution is 5.80. The molecule has 8 heteroatoms. The van der Waals surface area contributed by atoms with Gasteiger partial charge in [-0.3, -0.25) is 4.79 Å². The predicted octanol–water partition coefficient (Wildman–Crippen LogP) is 2.29. The molecule has 0 atom stereocenters. The number of likely N-dealkylation sites (tertiary alicyclic amines) is 1. The molecule has 1 N–H and O–H groups in total. The van der Waals surface area contributed by atoms with Crippen molar-refractivity contribution in [1.29, 1.82) is 0 Å². The van der Waals surface area contributed by atoms with Crippen LogP contribution in [0.1, 0.15) is 41.7 Å². The number of aromatic nitrogens is 4. The molecule has 1 amide bonds. The number of amides is 1. The summed E-state index contributed by atoms with van der Waals surface area (Å²) in [6.45, 7) is 8.55. The number of carbonyl (C=O) groups is 1. The number of nitrogens with zero attached hydrogens (tertiary/aromatic N) is 5. The molecule has 28 heavy (non-hydrogen) atoms. The molecule has 8 nitrogen and oxygen atoms in total. The summed E-state index contributed by atoms with van der Waals surface area (Å²) in [6.07, 6.45) is 1.65. The first kappa shape index (κ1) is 18.7. The number of carbonyl (C=O) groups excluding carboxylic acids is 1. The van der Waals surface area contributed by atoms with Crippen LogP contribution in [0, 0.1) is 26.7 Å². The topological polar surface area (TPSA) is 93.1 Å². The summed E-state index contributed by atoms with van der Waals surface area (Å²) < 4.78 is 5.35. The van der Waals surface area contributed by atoms with E-state index in [9.17, 15) is 4.79 Å². The molecule has 0 aliphatic carbocycles. The van der Waals surface area contributed by atoms with Crippen LogP contribution in [0.15, 0.2) is 12.1 Å². The SMILES string of the molecule is Cc1cc(C)nc(Nc2cc(C)nc(C3CN(C(=O)C4CCOCC4)C3)n2)n1. The van der Waals surface area contributed by atoms with Gasteiger partial charge in [-0.1, -0.05) is 0 Å². The van der Waals surface area contributed by atoms with Gasteiger partial charge in [-0.05, 0) is 39.7 Å². The van der Waals surface area contributed by atoms with Crippen LogP contribution in [0.3, 0.4) is 0 Å². The second kappa shape index (κ2) is 7.79. The Hall–Kier alpha value is -2.61. The Morgan fingerprint density at radius 2 is 1.64 bits per heavy atom. The van der Waals surface area contributed by atoms with Gasteiger partial charge in [-0.2, -0.15) is 0 Å². The summed E-state index contributed by atoms with van der Waals surface area (Å²) in [6, 6.07) is 3.81. The molecule has 0 bridgehead atoms. The second-order valence-electron chi connectivity index (χ2n) is 7.68. The molecule has 2 aliphatic rings. The molecule has 2 aromatic rings. The lowest BCUT2D eigenvalue weighted by atomic mass is 9.93. The maximum Gasteiger partial charge on any atom is 0.228 e. The van der Waals surface area contributed by atoms with E-state index in [2.05, 4.69) is 25.3 Å². The minimum absolute atomic E-state index is 0.104. The van der Waals surface area contributed by atoms with E-state index in [0.29, 0.717) is 38.1 Å². The van der Waals surface area contributed by atoms with E-state index >= 15 is 0 Å². The van der Waals surface area contributed by atoms with Crippen LogP contribution in [0.25, 0.3) is 0 Å². The van der Waals surface area contributed by atoms with Crippen LogP contribution in [0.5, 0.6) is 0 Å². The number of hydrogen-bond acceptors (Lipinski definition) is 7. The third kappa shape index (κ3) is 4.11. The van der Waals surface area contributed by atoms with E-state index in [1.165, 1.54) is 0 Å². The fourth-order valence-corrected chi connectivity index (χ4v) is 3.76. The Kier molecular flexibility index (Phi) is 5.21. The van der Waals surface area contributed by atoms with Crippen LogP contribution >= 0.6 is 0 Å². The van der Waals surface area contributed by atoms with Gasteiger partial charge in [0, 0.05) is 55.4 Å². The molecule has 2 fully saturated rings. The standard InChI is InChI=1S/C20H26N6O2/c1-12-8-13(2)23-20(22-12)25-17-9-14(3)21-18(24-17)16-10-26(11-16)19(27)15-4-6-28-7-5-15/h8-9,15-16H,4-7,10-11H2,1-3H3,(H,21,22,23,24,25). The Morgan fingerprint density at radius 3 is 2.32 bits per heavy atom. The number of nitrogens with one attached hydrogen (secondary N) is 1. The van der Waals surface area contributed by atoms with E-state index in [1.54, 1.807) is 0 Å². The normalized spacial score (nSPS) is 18.0. The van der Waals surface area contributed by atoms with Gasteiger partial charge in [0.1, 0.15) is 11.6 Å². The van der Waals surface area contributed by atoms with Gasteiger partial charge in [0.15, 0.2) is 0 Å². The monoisotopic (exact) mass is 382 g/mol. The van der Waals surface area contributed by atoms with E-state index in [1.807, 2.05) is 37.8 Å². The van der Waals surface area contributed by atoms with Gasteiger partial charge in [0.2, 0.25) is 11.9 Å². The molecule has 2 aliphatic heterocycles. The van der Waals surface area contributed by atoms with Gasteiger partial charge in [0.25, 0.3) is 0 Å². The van der Waals surface area contributed by atoms with Crippen molar-refractivity contribution in [2.45, 2.75) is 39.5 Å². The fourth-order valence-electron chi connectivity index (χ4n) is 3.76. The van der Waals surface area contributed by atoms with Crippen molar-refractivity contribution in [2.24, 2.45) is 5.92 Å². The smallest absolute Gasteiger partial charge is 0.228 e. The maximum absolute atomic E-state index is 12.6. The molecule has 148 valence electrons. The first-order valence-electron chi connectivity index (χ1n) is 9.79. The molecule has 2 aromatic heterocycles. The van der Waals surface area contributed by atoms with Gasteiger partial charge in [0.05, 0.1) is 5.92 Å². The lowest BCUT2D eigenvalue weighted by Crippen LogP contribution is -2.51. The lowest BCUT2D eigenvalue weighted by molar-refractivity contribution is -0.143. The lowest BCUT2D eigenvalue weighted by Gasteiger charge is -2.41. The quantitative estimate of drug-likeness (QED) is 0.867. The largest absolute Gasteiger partial charge is 0.381 e. The average molecular weight is 382 g/mol. The number of rotatable bonds is 4. The van der Waals surface area contributed by atoms with Crippen LogP contribution in [-0.4, -0.2) is 57.0 Å². The molecular weight excluding hydrogens is 356 g/mol. The van der Waals surface area contributed by atoms with Crippen molar-refractivity contribution in [3.63, 3.8) is 0 Å². The first-order chi connectivity index (χ1) is 13.5. The second-order valence-corrected chi connectivity index (χ2v) is 7.68. The molecule has 0 unspecified atom stereocenters. The molecule has 4 rings (SSSR count). The Balaban J connectivity index is 1.42. The Morgan fingerprint density at radius 1 is 1.00 bits per heavy atom. The van der Waals surface area contributed by atoms with Crippen molar-refractivity contribution in [1.82, 2.24) is 24.8 Å². The van der Waals surface area contributed by atoms with Crippen LogP contribution in [-0.2, 0) is 9.53 Å². The van der Waals surface area contributed by atoms with Crippen molar-refractivity contribution in [3.8, 4) is 0 Å². The molecular formula is C20H26N6O2. The zero-order valence-corrected chi connectivity index (χ0v) is 16.6. The van der Waals surface area contributed by atoms with Crippen molar-refractivity contribution >= 4 is 17.7 Å². The first-order valence-corrected chi connectivity index (χ1v) is 9.79. The van der Waals surface area contributed by atoms with Gasteiger partial charge in [-0.15, -0.1) is 0 Å². The predicted molar refractivity (Wildman–Crippen MR) is 104 cm³/mol. The van der Waals surface area contributed by atoms with E-state index in [4.69, 9.17) is 4.74 Å². The zero-order valence-electron chi connectivity index (χ0n) is 16.6. The number of anilines is 2. The summed E-state index contributed by atoms with van der Waals surface area (Å²) in [5.74, 6) is 2.50.